The summed E-state index contributed by atoms with van der Waals surface area (Å²) in [6.07, 6.45) is 2.38. The molecule has 0 bridgehead atoms. The van der Waals surface area contributed by atoms with Crippen LogP contribution in [0.5, 0.6) is 0 Å². The molecule has 28 heavy (non-hydrogen) atoms. The van der Waals surface area contributed by atoms with Crippen LogP contribution in [0.4, 0.5) is 10.5 Å². The van der Waals surface area contributed by atoms with Crippen LogP contribution in [0.25, 0.3) is 0 Å². The number of aromatic carboxylic acids is 1. The molecule has 0 spiro atoms. The van der Waals surface area contributed by atoms with E-state index in [1.54, 1.807) is 11.8 Å². The first-order valence-electron chi connectivity index (χ1n) is 8.87. The number of amides is 2. The molecule has 148 valence electrons. The summed E-state index contributed by atoms with van der Waals surface area (Å²) >= 11 is 0. The third kappa shape index (κ3) is 5.74. The van der Waals surface area contributed by atoms with Crippen molar-refractivity contribution in [1.82, 2.24) is 10.2 Å². The van der Waals surface area contributed by atoms with Crippen LogP contribution in [-0.2, 0) is 9.53 Å². The molecule has 0 saturated carbocycles. The van der Waals surface area contributed by atoms with Gasteiger partial charge in [-0.1, -0.05) is 0 Å². The molecular weight excluding hydrogens is 364 g/mol. The van der Waals surface area contributed by atoms with Crippen molar-refractivity contribution in [2.45, 2.75) is 25.8 Å². The third-order valence-corrected chi connectivity index (χ3v) is 4.24. The topological polar surface area (TPSA) is 132 Å². The molecule has 0 unspecified atom stereocenters. The van der Waals surface area contributed by atoms with Crippen molar-refractivity contribution >= 4 is 23.7 Å². The van der Waals surface area contributed by atoms with E-state index in [4.69, 9.17) is 9.84 Å². The molecule has 3 N–H and O–H groups in total. The minimum atomic E-state index is -1.06. The predicted octanol–water partition coefficient (Wildman–Crippen LogP) is 1.94. The van der Waals surface area contributed by atoms with Gasteiger partial charge in [-0.3, -0.25) is 4.79 Å². The van der Waals surface area contributed by atoms with Gasteiger partial charge >= 0.3 is 12.1 Å². The van der Waals surface area contributed by atoms with Gasteiger partial charge in [0, 0.05) is 31.0 Å². The summed E-state index contributed by atoms with van der Waals surface area (Å²) in [5.41, 5.74) is 0.388. The minimum absolute atomic E-state index is 0.0386. The minimum Gasteiger partial charge on any atom is -0.478 e. The van der Waals surface area contributed by atoms with Crippen molar-refractivity contribution in [1.29, 1.82) is 5.26 Å². The Morgan fingerprint density at radius 3 is 2.46 bits per heavy atom. The zero-order valence-electron chi connectivity index (χ0n) is 15.5. The third-order valence-electron chi connectivity index (χ3n) is 4.24. The first-order valence-corrected chi connectivity index (χ1v) is 8.87. The molecule has 9 heteroatoms. The number of rotatable bonds is 6. The summed E-state index contributed by atoms with van der Waals surface area (Å²) in [6.45, 7) is 3.16. The first-order chi connectivity index (χ1) is 13.4. The van der Waals surface area contributed by atoms with E-state index in [0.29, 0.717) is 38.2 Å². The van der Waals surface area contributed by atoms with Gasteiger partial charge in [-0.05, 0) is 44.0 Å². The van der Waals surface area contributed by atoms with Gasteiger partial charge in [0.15, 0.2) is 0 Å². The lowest BCUT2D eigenvalue weighted by Gasteiger charge is -2.31. The summed E-state index contributed by atoms with van der Waals surface area (Å²) < 4.78 is 4.97. The van der Waals surface area contributed by atoms with Gasteiger partial charge in [0.25, 0.3) is 5.91 Å². The highest BCUT2D eigenvalue weighted by Gasteiger charge is 2.23. The van der Waals surface area contributed by atoms with Crippen LogP contribution in [0, 0.1) is 11.3 Å². The normalized spacial score (nSPS) is 14.7. The number of piperidine rings is 1. The molecule has 0 atom stereocenters. The number of carboxylic acids is 1. The van der Waals surface area contributed by atoms with Crippen molar-refractivity contribution in [2.75, 3.05) is 25.0 Å². The Balaban J connectivity index is 1.88. The lowest BCUT2D eigenvalue weighted by molar-refractivity contribution is -0.112. The second kappa shape index (κ2) is 9.97. The van der Waals surface area contributed by atoms with Crippen LogP contribution in [0.3, 0.4) is 0 Å². The molecule has 1 saturated heterocycles. The molecule has 0 radical (unpaired) electrons. The Bertz CT molecular complexity index is 790. The van der Waals surface area contributed by atoms with Gasteiger partial charge in [0.1, 0.15) is 11.6 Å². The maximum Gasteiger partial charge on any atom is 0.409 e. The van der Waals surface area contributed by atoms with E-state index >= 15 is 0 Å². The van der Waals surface area contributed by atoms with Crippen LogP contribution in [-0.4, -0.2) is 53.7 Å². The molecule has 2 amide bonds. The zero-order valence-corrected chi connectivity index (χ0v) is 15.5. The Labute approximate surface area is 162 Å². The number of carbonyl (C=O) groups excluding carboxylic acids is 2. The number of anilines is 1. The number of benzene rings is 1. The number of nitrogens with zero attached hydrogens (tertiary/aromatic N) is 2. The molecule has 0 aliphatic carbocycles. The summed E-state index contributed by atoms with van der Waals surface area (Å²) in [5, 5.41) is 23.7. The lowest BCUT2D eigenvalue weighted by atomic mass is 10.1. The quantitative estimate of drug-likeness (QED) is 0.503. The van der Waals surface area contributed by atoms with Crippen molar-refractivity contribution in [3.63, 3.8) is 0 Å². The summed E-state index contributed by atoms with van der Waals surface area (Å²) in [7, 11) is 0. The maximum absolute atomic E-state index is 12.2. The van der Waals surface area contributed by atoms with Crippen LogP contribution >= 0.6 is 0 Å². The molecule has 1 aliphatic rings. The summed E-state index contributed by atoms with van der Waals surface area (Å²) in [4.78, 5) is 36.4. The molecule has 1 aromatic carbocycles. The molecule has 1 heterocycles. The molecule has 9 nitrogen and oxygen atoms in total. The molecule has 1 aromatic rings. The fourth-order valence-electron chi connectivity index (χ4n) is 2.69. The number of nitrogens with one attached hydrogen (secondary N) is 2. The Kier molecular flexibility index (Phi) is 7.39. The van der Waals surface area contributed by atoms with Crippen molar-refractivity contribution in [3.05, 3.63) is 41.6 Å². The van der Waals surface area contributed by atoms with E-state index in [2.05, 4.69) is 10.6 Å². The van der Waals surface area contributed by atoms with Crippen molar-refractivity contribution in [3.8, 4) is 6.07 Å². The van der Waals surface area contributed by atoms with E-state index in [-0.39, 0.29) is 23.3 Å². The van der Waals surface area contributed by atoms with Crippen LogP contribution < -0.4 is 10.6 Å². The standard InChI is InChI=1S/C19H22N4O5/c1-2-28-19(27)23-9-7-15(8-10-23)21-12-14(11-20)17(24)22-16-5-3-13(4-6-16)18(25)26/h3-6,12,15,21H,2,7-10H2,1H3,(H,22,24)(H,25,26)/b14-12-. The number of carboxylic acid groups (broad SMARTS) is 1. The van der Waals surface area contributed by atoms with E-state index in [1.165, 1.54) is 30.5 Å². The summed E-state index contributed by atoms with van der Waals surface area (Å²) in [5.74, 6) is -1.66. The SMILES string of the molecule is CCOC(=O)N1CCC(N/C=C(/C#N)C(=O)Nc2ccc(C(=O)O)cc2)CC1. The largest absolute Gasteiger partial charge is 0.478 e. The molecule has 0 aromatic heterocycles. The fraction of sp³-hybridized carbons (Fsp3) is 0.368. The van der Waals surface area contributed by atoms with E-state index in [1.807, 2.05) is 6.07 Å². The number of nitriles is 1. The Morgan fingerprint density at radius 1 is 1.29 bits per heavy atom. The van der Waals surface area contributed by atoms with Crippen molar-refractivity contribution in [2.24, 2.45) is 0 Å². The van der Waals surface area contributed by atoms with Crippen LogP contribution in [0.1, 0.15) is 30.1 Å². The van der Waals surface area contributed by atoms with Crippen molar-refractivity contribution < 1.29 is 24.2 Å². The Hall–Kier alpha value is -3.54. The zero-order chi connectivity index (χ0) is 20.5. The molecule has 1 fully saturated rings. The second-order valence-electron chi connectivity index (χ2n) is 6.13. The molecule has 2 rings (SSSR count). The number of carbonyl (C=O) groups is 3. The highest BCUT2D eigenvalue weighted by Crippen LogP contribution is 2.13. The molecular formula is C19H22N4O5. The monoisotopic (exact) mass is 386 g/mol. The van der Waals surface area contributed by atoms with E-state index in [0.717, 1.165) is 0 Å². The van der Waals surface area contributed by atoms with E-state index < -0.39 is 11.9 Å². The van der Waals surface area contributed by atoms with E-state index in [9.17, 15) is 19.6 Å². The fourth-order valence-corrected chi connectivity index (χ4v) is 2.69. The van der Waals surface area contributed by atoms with Gasteiger partial charge in [0.05, 0.1) is 12.2 Å². The smallest absolute Gasteiger partial charge is 0.409 e. The van der Waals surface area contributed by atoms with Gasteiger partial charge in [0.2, 0.25) is 0 Å². The van der Waals surface area contributed by atoms with Gasteiger partial charge in [-0.2, -0.15) is 5.26 Å². The van der Waals surface area contributed by atoms with Crippen LogP contribution in [0.2, 0.25) is 0 Å². The predicted molar refractivity (Wildman–Crippen MR) is 100 cm³/mol. The van der Waals surface area contributed by atoms with Crippen LogP contribution in [0.15, 0.2) is 36.0 Å². The number of likely N-dealkylation sites (tertiary alicyclic amines) is 1. The van der Waals surface area contributed by atoms with Gasteiger partial charge in [-0.15, -0.1) is 0 Å². The maximum atomic E-state index is 12.2. The average molecular weight is 386 g/mol. The highest BCUT2D eigenvalue weighted by molar-refractivity contribution is 6.06. The number of hydrogen-bond donors (Lipinski definition) is 3. The van der Waals surface area contributed by atoms with Gasteiger partial charge in [-0.25, -0.2) is 9.59 Å². The second-order valence-corrected chi connectivity index (χ2v) is 6.13. The lowest BCUT2D eigenvalue weighted by Crippen LogP contribution is -2.44. The Morgan fingerprint density at radius 2 is 1.93 bits per heavy atom. The highest BCUT2D eigenvalue weighted by atomic mass is 16.6. The molecule has 1 aliphatic heterocycles. The summed E-state index contributed by atoms with van der Waals surface area (Å²) in [6, 6.07) is 7.52. The number of ether oxygens (including phenoxy) is 1. The number of hydrogen-bond acceptors (Lipinski definition) is 6. The average Bonchev–Trinajstić information content (AvgIpc) is 2.69. The first kappa shape index (κ1) is 20.8. The van der Waals surface area contributed by atoms with Gasteiger partial charge < -0.3 is 25.4 Å².